The molecule has 1 fully saturated rings. The zero-order valence-corrected chi connectivity index (χ0v) is 6.97. The van der Waals surface area contributed by atoms with Crippen molar-refractivity contribution in [1.29, 1.82) is 0 Å². The fourth-order valence-electron chi connectivity index (χ4n) is 1.33. The fourth-order valence-corrected chi connectivity index (χ4v) is 1.33. The van der Waals surface area contributed by atoms with Crippen molar-refractivity contribution >= 4 is 0 Å². The molecule has 1 nitrogen and oxygen atoms in total. The molecule has 0 amide bonds. The molecule has 0 atom stereocenters. The Balaban J connectivity index is 1.88. The summed E-state index contributed by atoms with van der Waals surface area (Å²) in [5, 5.41) is 0. The Morgan fingerprint density at radius 3 is 2.46 bits per heavy atom. The Labute approximate surface area is 75.3 Å². The maximum absolute atomic E-state index is 12.4. The van der Waals surface area contributed by atoms with E-state index in [-0.39, 0.29) is 18.9 Å². The van der Waals surface area contributed by atoms with Gasteiger partial charge in [0.1, 0.15) is 11.9 Å². The highest BCUT2D eigenvalue weighted by molar-refractivity contribution is 5.21. The minimum atomic E-state index is -2.51. The van der Waals surface area contributed by atoms with Crippen LogP contribution in [0, 0.1) is 6.07 Å². The maximum atomic E-state index is 12.4. The Morgan fingerprint density at radius 1 is 1.31 bits per heavy atom. The summed E-state index contributed by atoms with van der Waals surface area (Å²) in [6.07, 6.45) is -0.644. The molecule has 1 aromatic carbocycles. The molecule has 1 radical (unpaired) electrons. The number of hydrogen-bond donors (Lipinski definition) is 0. The Hall–Kier alpha value is -1.12. The summed E-state index contributed by atoms with van der Waals surface area (Å²) in [7, 11) is 0. The van der Waals surface area contributed by atoms with Crippen LogP contribution >= 0.6 is 0 Å². The van der Waals surface area contributed by atoms with Gasteiger partial charge in [0.25, 0.3) is 5.92 Å². The molecule has 0 bridgehead atoms. The minimum Gasteiger partial charge on any atom is -0.490 e. The Bertz CT molecular complexity index is 276. The van der Waals surface area contributed by atoms with Gasteiger partial charge >= 0.3 is 0 Å². The quantitative estimate of drug-likeness (QED) is 0.684. The first-order valence-electron chi connectivity index (χ1n) is 4.16. The molecule has 69 valence electrons. The summed E-state index contributed by atoms with van der Waals surface area (Å²) in [4.78, 5) is 0. The van der Waals surface area contributed by atoms with Crippen LogP contribution < -0.4 is 4.74 Å². The van der Waals surface area contributed by atoms with Gasteiger partial charge in [-0.2, -0.15) is 0 Å². The van der Waals surface area contributed by atoms with E-state index < -0.39 is 5.92 Å². The molecule has 1 aromatic rings. The molecule has 1 aliphatic carbocycles. The molecule has 0 aliphatic heterocycles. The second-order valence-electron chi connectivity index (χ2n) is 3.24. The predicted molar refractivity (Wildman–Crippen MR) is 43.9 cm³/mol. The molecular weight excluding hydrogens is 174 g/mol. The number of rotatable bonds is 2. The number of benzene rings is 1. The van der Waals surface area contributed by atoms with Crippen molar-refractivity contribution in [2.45, 2.75) is 24.9 Å². The van der Waals surface area contributed by atoms with Crippen molar-refractivity contribution in [3.63, 3.8) is 0 Å². The van der Waals surface area contributed by atoms with E-state index in [4.69, 9.17) is 4.74 Å². The maximum Gasteiger partial charge on any atom is 0.255 e. The lowest BCUT2D eigenvalue weighted by atomic mass is 9.91. The Morgan fingerprint density at radius 2 is 1.92 bits per heavy atom. The van der Waals surface area contributed by atoms with Crippen molar-refractivity contribution in [2.24, 2.45) is 0 Å². The number of ether oxygens (including phenoxy) is 1. The predicted octanol–water partition coefficient (Wildman–Crippen LogP) is 2.66. The van der Waals surface area contributed by atoms with Gasteiger partial charge in [-0.05, 0) is 18.2 Å². The summed E-state index contributed by atoms with van der Waals surface area (Å²) in [5.41, 5.74) is 0. The van der Waals surface area contributed by atoms with Crippen molar-refractivity contribution in [1.82, 2.24) is 0 Å². The second-order valence-corrected chi connectivity index (χ2v) is 3.24. The zero-order valence-electron chi connectivity index (χ0n) is 6.97. The Kier molecular flexibility index (Phi) is 1.94. The van der Waals surface area contributed by atoms with E-state index in [0.29, 0.717) is 5.75 Å². The van der Waals surface area contributed by atoms with Crippen LogP contribution in [0.4, 0.5) is 8.78 Å². The van der Waals surface area contributed by atoms with Crippen LogP contribution in [0.25, 0.3) is 0 Å². The van der Waals surface area contributed by atoms with E-state index in [9.17, 15) is 8.78 Å². The molecule has 2 rings (SSSR count). The lowest BCUT2D eigenvalue weighted by molar-refractivity contribution is -0.134. The highest BCUT2D eigenvalue weighted by Crippen LogP contribution is 2.39. The lowest BCUT2D eigenvalue weighted by Gasteiger charge is -2.34. The largest absolute Gasteiger partial charge is 0.490 e. The average Bonchev–Trinajstić information content (AvgIpc) is 2.03. The summed E-state index contributed by atoms with van der Waals surface area (Å²) < 4.78 is 30.1. The van der Waals surface area contributed by atoms with Crippen LogP contribution in [0.15, 0.2) is 24.3 Å². The molecule has 0 N–H and O–H groups in total. The summed E-state index contributed by atoms with van der Waals surface area (Å²) in [6, 6.07) is 9.67. The third-order valence-electron chi connectivity index (χ3n) is 2.04. The van der Waals surface area contributed by atoms with E-state index in [1.807, 2.05) is 0 Å². The molecule has 0 heterocycles. The molecule has 0 aromatic heterocycles. The van der Waals surface area contributed by atoms with E-state index in [2.05, 4.69) is 6.07 Å². The molecule has 1 saturated carbocycles. The summed E-state index contributed by atoms with van der Waals surface area (Å²) >= 11 is 0. The van der Waals surface area contributed by atoms with Gasteiger partial charge in [-0.3, -0.25) is 0 Å². The number of halogens is 2. The van der Waals surface area contributed by atoms with Crippen LogP contribution in [0.1, 0.15) is 12.8 Å². The minimum absolute atomic E-state index is 0.161. The SMILES string of the molecule is FC1(F)CC(Oc2cc[c]cc2)C1. The smallest absolute Gasteiger partial charge is 0.255 e. The highest BCUT2D eigenvalue weighted by Gasteiger charge is 2.46. The average molecular weight is 183 g/mol. The molecule has 13 heavy (non-hydrogen) atoms. The van der Waals surface area contributed by atoms with E-state index in [1.54, 1.807) is 24.3 Å². The van der Waals surface area contributed by atoms with Crippen molar-refractivity contribution in [3.05, 3.63) is 30.3 Å². The topological polar surface area (TPSA) is 9.23 Å². The van der Waals surface area contributed by atoms with E-state index in [1.165, 1.54) is 0 Å². The van der Waals surface area contributed by atoms with Gasteiger partial charge in [-0.1, -0.05) is 12.1 Å². The molecule has 1 aliphatic rings. The standard InChI is InChI=1S/C10H9F2O/c11-10(12)6-9(7-10)13-8-4-2-1-3-5-8/h2-5,9H,6-7H2. The fraction of sp³-hybridized carbons (Fsp3) is 0.400. The van der Waals surface area contributed by atoms with Gasteiger partial charge in [0.15, 0.2) is 0 Å². The number of alkyl halides is 2. The summed E-state index contributed by atoms with van der Waals surface area (Å²) in [6.45, 7) is 0. The third-order valence-corrected chi connectivity index (χ3v) is 2.04. The van der Waals surface area contributed by atoms with Gasteiger partial charge in [-0.25, -0.2) is 8.78 Å². The zero-order chi connectivity index (χ0) is 9.31. The van der Waals surface area contributed by atoms with Crippen LogP contribution in [0.2, 0.25) is 0 Å². The van der Waals surface area contributed by atoms with Crippen LogP contribution in [-0.2, 0) is 0 Å². The lowest BCUT2D eigenvalue weighted by Crippen LogP contribution is -2.43. The first-order chi connectivity index (χ1) is 6.16. The van der Waals surface area contributed by atoms with Crippen LogP contribution in [0.3, 0.4) is 0 Å². The molecule has 0 unspecified atom stereocenters. The van der Waals surface area contributed by atoms with Gasteiger partial charge in [0.2, 0.25) is 0 Å². The van der Waals surface area contributed by atoms with Gasteiger partial charge in [0, 0.05) is 12.8 Å². The first-order valence-corrected chi connectivity index (χ1v) is 4.16. The van der Waals surface area contributed by atoms with Gasteiger partial charge < -0.3 is 4.74 Å². The molecule has 0 saturated heterocycles. The van der Waals surface area contributed by atoms with Crippen LogP contribution in [-0.4, -0.2) is 12.0 Å². The van der Waals surface area contributed by atoms with Crippen molar-refractivity contribution < 1.29 is 13.5 Å². The highest BCUT2D eigenvalue weighted by atomic mass is 19.3. The first kappa shape index (κ1) is 8.48. The monoisotopic (exact) mass is 183 g/mol. The molecule has 0 spiro atoms. The van der Waals surface area contributed by atoms with Gasteiger partial charge in [-0.15, -0.1) is 0 Å². The normalized spacial score (nSPS) is 20.8. The summed E-state index contributed by atoms with van der Waals surface area (Å²) in [5.74, 6) is -1.87. The van der Waals surface area contributed by atoms with E-state index >= 15 is 0 Å². The second kappa shape index (κ2) is 2.98. The molecule has 3 heteroatoms. The van der Waals surface area contributed by atoms with Gasteiger partial charge in [0.05, 0.1) is 0 Å². The van der Waals surface area contributed by atoms with Crippen LogP contribution in [0.5, 0.6) is 5.75 Å². The van der Waals surface area contributed by atoms with Crippen molar-refractivity contribution in [3.8, 4) is 5.75 Å². The third kappa shape index (κ3) is 1.97. The molecular formula is C10H9F2O. The van der Waals surface area contributed by atoms with Crippen molar-refractivity contribution in [2.75, 3.05) is 0 Å². The van der Waals surface area contributed by atoms with E-state index in [0.717, 1.165) is 0 Å². The number of hydrogen-bond acceptors (Lipinski definition) is 1.